The van der Waals surface area contributed by atoms with E-state index in [0.717, 1.165) is 28.8 Å². The maximum Gasteiger partial charge on any atom is 0.252 e. The van der Waals surface area contributed by atoms with E-state index >= 15 is 0 Å². The van der Waals surface area contributed by atoms with Gasteiger partial charge in [-0.25, -0.2) is 0 Å². The number of nitrogens with one attached hydrogen (secondary N) is 1. The SMILES string of the molecule is O=C(NC12CC(C1)C2)c1cccc(Cl)c1I. The van der Waals surface area contributed by atoms with Crippen LogP contribution in [-0.2, 0) is 0 Å². The highest BCUT2D eigenvalue weighted by molar-refractivity contribution is 14.1. The van der Waals surface area contributed by atoms with E-state index in [1.54, 1.807) is 6.07 Å². The van der Waals surface area contributed by atoms with Crippen molar-refractivity contribution in [3.63, 3.8) is 0 Å². The van der Waals surface area contributed by atoms with Gasteiger partial charge in [0.15, 0.2) is 0 Å². The van der Waals surface area contributed by atoms with Crippen molar-refractivity contribution in [3.8, 4) is 0 Å². The molecule has 0 heterocycles. The Labute approximate surface area is 113 Å². The fourth-order valence-corrected chi connectivity index (χ4v) is 3.40. The molecule has 84 valence electrons. The van der Waals surface area contributed by atoms with Crippen LogP contribution in [0.15, 0.2) is 18.2 Å². The Kier molecular flexibility index (Phi) is 2.44. The van der Waals surface area contributed by atoms with Crippen molar-refractivity contribution < 1.29 is 4.79 Å². The first-order valence-electron chi connectivity index (χ1n) is 5.36. The van der Waals surface area contributed by atoms with Gasteiger partial charge in [-0.1, -0.05) is 17.7 Å². The van der Waals surface area contributed by atoms with E-state index in [0.29, 0.717) is 10.6 Å². The minimum Gasteiger partial charge on any atom is -0.347 e. The van der Waals surface area contributed by atoms with Gasteiger partial charge in [0.25, 0.3) is 5.91 Å². The molecule has 0 saturated heterocycles. The van der Waals surface area contributed by atoms with Crippen LogP contribution in [-0.4, -0.2) is 11.4 Å². The summed E-state index contributed by atoms with van der Waals surface area (Å²) in [6.07, 6.45) is 3.49. The van der Waals surface area contributed by atoms with Crippen molar-refractivity contribution in [2.75, 3.05) is 0 Å². The summed E-state index contributed by atoms with van der Waals surface area (Å²) in [7, 11) is 0. The molecule has 4 rings (SSSR count). The van der Waals surface area contributed by atoms with Crippen LogP contribution in [0, 0.1) is 9.49 Å². The lowest BCUT2D eigenvalue weighted by molar-refractivity contribution is -0.0438. The molecule has 1 aromatic carbocycles. The summed E-state index contributed by atoms with van der Waals surface area (Å²) < 4.78 is 0.839. The van der Waals surface area contributed by atoms with Gasteiger partial charge in [0.1, 0.15) is 0 Å². The highest BCUT2D eigenvalue weighted by atomic mass is 127. The fraction of sp³-hybridized carbons (Fsp3) is 0.417. The Balaban J connectivity index is 1.80. The predicted octanol–water partition coefficient (Wildman–Crippen LogP) is 3.23. The number of halogens is 2. The third-order valence-corrected chi connectivity index (χ3v) is 5.41. The second-order valence-electron chi connectivity index (χ2n) is 4.81. The number of hydrogen-bond donors (Lipinski definition) is 1. The van der Waals surface area contributed by atoms with Crippen molar-refractivity contribution in [2.45, 2.75) is 24.8 Å². The third-order valence-electron chi connectivity index (χ3n) is 3.61. The summed E-state index contributed by atoms with van der Waals surface area (Å²) in [6, 6.07) is 5.46. The number of amides is 1. The molecule has 3 fully saturated rings. The van der Waals surface area contributed by atoms with Crippen LogP contribution in [0.1, 0.15) is 29.6 Å². The molecule has 1 aromatic rings. The number of carbonyl (C=O) groups is 1. The molecule has 0 atom stereocenters. The van der Waals surface area contributed by atoms with E-state index in [2.05, 4.69) is 27.9 Å². The molecule has 0 spiro atoms. The number of hydrogen-bond acceptors (Lipinski definition) is 1. The van der Waals surface area contributed by atoms with E-state index in [1.165, 1.54) is 0 Å². The molecular formula is C12H11ClINO. The van der Waals surface area contributed by atoms with Crippen molar-refractivity contribution >= 4 is 40.1 Å². The van der Waals surface area contributed by atoms with Gasteiger partial charge in [-0.2, -0.15) is 0 Å². The zero-order valence-corrected chi connectivity index (χ0v) is 11.5. The average molecular weight is 348 g/mol. The minimum atomic E-state index is 0.0186. The van der Waals surface area contributed by atoms with Crippen LogP contribution < -0.4 is 5.32 Å². The highest BCUT2D eigenvalue weighted by Crippen LogP contribution is 2.57. The summed E-state index contributed by atoms with van der Waals surface area (Å²) >= 11 is 8.12. The average Bonchev–Trinajstić information content (AvgIpc) is 2.13. The van der Waals surface area contributed by atoms with Gasteiger partial charge in [-0.15, -0.1) is 0 Å². The van der Waals surface area contributed by atoms with Gasteiger partial charge in [0.2, 0.25) is 0 Å². The molecule has 0 unspecified atom stereocenters. The van der Waals surface area contributed by atoms with Crippen LogP contribution in [0.5, 0.6) is 0 Å². The Morgan fingerprint density at radius 3 is 2.69 bits per heavy atom. The maximum atomic E-state index is 12.1. The maximum absolute atomic E-state index is 12.1. The number of carbonyl (C=O) groups excluding carboxylic acids is 1. The fourth-order valence-electron chi connectivity index (χ4n) is 2.62. The zero-order valence-electron chi connectivity index (χ0n) is 8.59. The molecule has 1 amide bonds. The summed E-state index contributed by atoms with van der Waals surface area (Å²) in [4.78, 5) is 12.1. The normalized spacial score (nSPS) is 30.2. The van der Waals surface area contributed by atoms with E-state index < -0.39 is 0 Å². The van der Waals surface area contributed by atoms with Gasteiger partial charge in [-0.3, -0.25) is 4.79 Å². The molecule has 0 aliphatic heterocycles. The molecule has 0 radical (unpaired) electrons. The first-order chi connectivity index (χ1) is 7.60. The zero-order chi connectivity index (χ0) is 11.3. The summed E-state index contributed by atoms with van der Waals surface area (Å²) in [5, 5.41) is 3.78. The number of rotatable bonds is 2. The Morgan fingerprint density at radius 1 is 1.44 bits per heavy atom. The van der Waals surface area contributed by atoms with Gasteiger partial charge in [0.05, 0.1) is 10.6 Å². The van der Waals surface area contributed by atoms with E-state index in [-0.39, 0.29) is 11.4 Å². The van der Waals surface area contributed by atoms with E-state index in [4.69, 9.17) is 11.6 Å². The number of benzene rings is 1. The molecular weight excluding hydrogens is 336 g/mol. The largest absolute Gasteiger partial charge is 0.347 e. The highest BCUT2D eigenvalue weighted by Gasteiger charge is 2.57. The Morgan fingerprint density at radius 2 is 2.12 bits per heavy atom. The molecule has 3 saturated carbocycles. The predicted molar refractivity (Wildman–Crippen MR) is 71.7 cm³/mol. The standard InChI is InChI=1S/C12H11ClINO/c13-9-3-1-2-8(10(9)14)11(16)15-12-4-7(5-12)6-12/h1-3,7H,4-6H2,(H,15,16). The molecule has 3 aliphatic rings. The first kappa shape index (κ1) is 10.8. The van der Waals surface area contributed by atoms with Gasteiger partial charge >= 0.3 is 0 Å². The van der Waals surface area contributed by atoms with E-state index in [1.807, 2.05) is 12.1 Å². The van der Waals surface area contributed by atoms with Crippen molar-refractivity contribution in [2.24, 2.45) is 5.92 Å². The van der Waals surface area contributed by atoms with Crippen LogP contribution in [0.25, 0.3) is 0 Å². The molecule has 2 nitrogen and oxygen atoms in total. The smallest absolute Gasteiger partial charge is 0.252 e. The summed E-state index contributed by atoms with van der Waals surface area (Å²) in [6.45, 7) is 0. The van der Waals surface area contributed by atoms with Crippen molar-refractivity contribution in [1.29, 1.82) is 0 Å². The Hall–Kier alpha value is -0.290. The van der Waals surface area contributed by atoms with Crippen LogP contribution in [0.2, 0.25) is 5.02 Å². The topological polar surface area (TPSA) is 29.1 Å². The van der Waals surface area contributed by atoms with Gasteiger partial charge in [0, 0.05) is 9.11 Å². The molecule has 4 heteroatoms. The molecule has 16 heavy (non-hydrogen) atoms. The third kappa shape index (κ3) is 1.56. The van der Waals surface area contributed by atoms with Crippen LogP contribution >= 0.6 is 34.2 Å². The second-order valence-corrected chi connectivity index (χ2v) is 6.30. The quantitative estimate of drug-likeness (QED) is 0.818. The molecule has 2 bridgehead atoms. The molecule has 0 aromatic heterocycles. The first-order valence-corrected chi connectivity index (χ1v) is 6.82. The second kappa shape index (κ2) is 3.60. The lowest BCUT2D eigenvalue weighted by Gasteiger charge is -2.61. The van der Waals surface area contributed by atoms with Crippen molar-refractivity contribution in [1.82, 2.24) is 5.32 Å². The van der Waals surface area contributed by atoms with Crippen molar-refractivity contribution in [3.05, 3.63) is 32.4 Å². The van der Waals surface area contributed by atoms with Gasteiger partial charge < -0.3 is 5.32 Å². The minimum absolute atomic E-state index is 0.0186. The summed E-state index contributed by atoms with van der Waals surface area (Å²) in [5.41, 5.74) is 0.825. The van der Waals surface area contributed by atoms with Gasteiger partial charge in [-0.05, 0) is 59.9 Å². The molecule has 3 aliphatic carbocycles. The van der Waals surface area contributed by atoms with E-state index in [9.17, 15) is 4.79 Å². The lowest BCUT2D eigenvalue weighted by atomic mass is 9.50. The van der Waals surface area contributed by atoms with Crippen LogP contribution in [0.3, 0.4) is 0 Å². The lowest BCUT2D eigenvalue weighted by Crippen LogP contribution is -2.68. The summed E-state index contributed by atoms with van der Waals surface area (Å²) in [5.74, 6) is 0.892. The monoisotopic (exact) mass is 347 g/mol. The molecule has 1 N–H and O–H groups in total. The Bertz CT molecular complexity index is 457. The van der Waals surface area contributed by atoms with Crippen LogP contribution in [0.4, 0.5) is 0 Å².